The van der Waals surface area contributed by atoms with Gasteiger partial charge in [0.1, 0.15) is 12.1 Å². The molecule has 2 N–H and O–H groups in total. The van der Waals surface area contributed by atoms with Gasteiger partial charge in [-0.1, -0.05) is 68.4 Å². The highest BCUT2D eigenvalue weighted by atomic mass is 16.2. The van der Waals surface area contributed by atoms with E-state index < -0.39 is 23.4 Å². The van der Waals surface area contributed by atoms with E-state index in [2.05, 4.69) is 24.5 Å². The van der Waals surface area contributed by atoms with Gasteiger partial charge in [-0.15, -0.1) is 0 Å². The smallest absolute Gasteiger partial charge is 0.324 e. The number of hydrogen-bond donors (Lipinski definition) is 2. The minimum Gasteiger partial charge on any atom is -0.324 e. The molecule has 1 fully saturated rings. The SMILES string of the molecule is Cc1cccc(C(C)C)c1NC(=O)CN1C(=O)NC(C)(c2ccc3ccccc3c2)C1=O. The van der Waals surface area contributed by atoms with Crippen LogP contribution in [0.2, 0.25) is 0 Å². The lowest BCUT2D eigenvalue weighted by atomic mass is 9.90. The van der Waals surface area contributed by atoms with Crippen LogP contribution >= 0.6 is 0 Å². The summed E-state index contributed by atoms with van der Waals surface area (Å²) in [5.41, 5.74) is 2.13. The largest absolute Gasteiger partial charge is 0.325 e. The average molecular weight is 430 g/mol. The summed E-state index contributed by atoms with van der Waals surface area (Å²) in [5, 5.41) is 7.71. The Morgan fingerprint density at radius 2 is 1.75 bits per heavy atom. The van der Waals surface area contributed by atoms with Gasteiger partial charge in [0.15, 0.2) is 0 Å². The molecule has 1 aliphatic rings. The van der Waals surface area contributed by atoms with Gasteiger partial charge in [-0.25, -0.2) is 4.79 Å². The Hall–Kier alpha value is -3.67. The molecule has 0 aromatic heterocycles. The number of benzene rings is 3. The first-order valence-electron chi connectivity index (χ1n) is 10.7. The van der Waals surface area contributed by atoms with Crippen molar-refractivity contribution >= 4 is 34.3 Å². The number of urea groups is 1. The maximum Gasteiger partial charge on any atom is 0.325 e. The standard InChI is InChI=1S/C26H27N3O3/c1-16(2)21-11-7-8-17(3)23(21)27-22(30)15-29-24(31)26(4,28-25(29)32)20-13-12-18-9-5-6-10-19(18)14-20/h5-14,16H,15H2,1-4H3,(H,27,30)(H,28,32). The minimum absolute atomic E-state index is 0.220. The van der Waals surface area contributed by atoms with E-state index in [1.165, 1.54) is 0 Å². The summed E-state index contributed by atoms with van der Waals surface area (Å²) < 4.78 is 0. The molecular weight excluding hydrogens is 402 g/mol. The Bertz CT molecular complexity index is 1230. The van der Waals surface area contributed by atoms with Gasteiger partial charge in [0, 0.05) is 5.69 Å². The number of fused-ring (bicyclic) bond motifs is 1. The first-order chi connectivity index (χ1) is 15.2. The highest BCUT2D eigenvalue weighted by molar-refractivity contribution is 6.10. The fourth-order valence-electron chi connectivity index (χ4n) is 4.20. The topological polar surface area (TPSA) is 78.5 Å². The van der Waals surface area contributed by atoms with Crippen molar-refractivity contribution in [1.82, 2.24) is 10.2 Å². The molecule has 0 aliphatic carbocycles. The van der Waals surface area contributed by atoms with Gasteiger partial charge in [0.2, 0.25) is 5.91 Å². The highest BCUT2D eigenvalue weighted by Gasteiger charge is 2.49. The Morgan fingerprint density at radius 3 is 2.47 bits per heavy atom. The van der Waals surface area contributed by atoms with E-state index >= 15 is 0 Å². The minimum atomic E-state index is -1.23. The number of rotatable bonds is 5. The Labute approximate surface area is 187 Å². The summed E-state index contributed by atoms with van der Waals surface area (Å²) in [6, 6.07) is 18.8. The maximum atomic E-state index is 13.3. The number of hydrogen-bond acceptors (Lipinski definition) is 3. The number of carbonyl (C=O) groups excluding carboxylic acids is 3. The number of para-hydroxylation sites is 1. The zero-order valence-corrected chi connectivity index (χ0v) is 18.7. The zero-order chi connectivity index (χ0) is 23.0. The fraction of sp³-hybridized carbons (Fsp3) is 0.269. The summed E-state index contributed by atoms with van der Waals surface area (Å²) in [6.45, 7) is 7.35. The lowest BCUT2D eigenvalue weighted by molar-refractivity contribution is -0.133. The second-order valence-electron chi connectivity index (χ2n) is 8.75. The van der Waals surface area contributed by atoms with Crippen LogP contribution in [0.3, 0.4) is 0 Å². The van der Waals surface area contributed by atoms with Crippen LogP contribution in [-0.2, 0) is 15.1 Å². The third kappa shape index (κ3) is 3.73. The van der Waals surface area contributed by atoms with Crippen molar-refractivity contribution in [3.63, 3.8) is 0 Å². The van der Waals surface area contributed by atoms with Gasteiger partial charge in [-0.05, 0) is 53.3 Å². The first-order valence-corrected chi connectivity index (χ1v) is 10.7. The molecule has 1 saturated heterocycles. The van der Waals surface area contributed by atoms with Gasteiger partial charge in [-0.3, -0.25) is 14.5 Å². The van der Waals surface area contributed by atoms with Crippen LogP contribution in [0.1, 0.15) is 43.4 Å². The highest BCUT2D eigenvalue weighted by Crippen LogP contribution is 2.31. The molecule has 4 rings (SSSR count). The predicted molar refractivity (Wildman–Crippen MR) is 125 cm³/mol. The summed E-state index contributed by atoms with van der Waals surface area (Å²) in [5.74, 6) is -0.632. The number of aryl methyl sites for hydroxylation is 1. The van der Waals surface area contributed by atoms with Gasteiger partial charge in [0.25, 0.3) is 5.91 Å². The lowest BCUT2D eigenvalue weighted by Gasteiger charge is -2.23. The summed E-state index contributed by atoms with van der Waals surface area (Å²) in [6.07, 6.45) is 0. The first kappa shape index (κ1) is 21.6. The van der Waals surface area contributed by atoms with Crippen molar-refractivity contribution in [2.24, 2.45) is 0 Å². The molecule has 0 radical (unpaired) electrons. The van der Waals surface area contributed by atoms with Crippen molar-refractivity contribution in [1.29, 1.82) is 0 Å². The van der Waals surface area contributed by atoms with Crippen LogP contribution in [0.4, 0.5) is 10.5 Å². The van der Waals surface area contributed by atoms with Crippen molar-refractivity contribution < 1.29 is 14.4 Å². The summed E-state index contributed by atoms with van der Waals surface area (Å²) >= 11 is 0. The lowest BCUT2D eigenvalue weighted by Crippen LogP contribution is -2.42. The number of amides is 4. The number of imide groups is 1. The normalized spacial score (nSPS) is 18.3. The van der Waals surface area contributed by atoms with Crippen molar-refractivity contribution in [3.05, 3.63) is 77.4 Å². The van der Waals surface area contributed by atoms with Crippen LogP contribution in [-0.4, -0.2) is 29.3 Å². The van der Waals surface area contributed by atoms with E-state index in [1.807, 2.05) is 67.6 Å². The fourth-order valence-corrected chi connectivity index (χ4v) is 4.20. The molecule has 164 valence electrons. The van der Waals surface area contributed by atoms with E-state index in [4.69, 9.17) is 0 Å². The molecule has 3 aromatic rings. The molecule has 3 aromatic carbocycles. The van der Waals surface area contributed by atoms with Crippen molar-refractivity contribution in [2.45, 2.75) is 39.2 Å². The summed E-state index contributed by atoms with van der Waals surface area (Å²) in [4.78, 5) is 39.8. The van der Waals surface area contributed by atoms with Gasteiger partial charge in [0.05, 0.1) is 0 Å². The van der Waals surface area contributed by atoms with Crippen LogP contribution in [0.25, 0.3) is 10.8 Å². The molecule has 4 amide bonds. The molecule has 6 heteroatoms. The molecule has 1 unspecified atom stereocenters. The number of nitrogens with zero attached hydrogens (tertiary/aromatic N) is 1. The van der Waals surface area contributed by atoms with Crippen LogP contribution in [0.15, 0.2) is 60.7 Å². The quantitative estimate of drug-likeness (QED) is 0.578. The van der Waals surface area contributed by atoms with E-state index in [-0.39, 0.29) is 12.5 Å². The van der Waals surface area contributed by atoms with Gasteiger partial charge >= 0.3 is 6.03 Å². The third-order valence-corrected chi connectivity index (χ3v) is 6.09. The number of carbonyl (C=O) groups is 3. The van der Waals surface area contributed by atoms with E-state index in [0.717, 1.165) is 32.5 Å². The molecule has 0 spiro atoms. The van der Waals surface area contributed by atoms with Gasteiger partial charge in [-0.2, -0.15) is 0 Å². The van der Waals surface area contributed by atoms with Crippen LogP contribution in [0.5, 0.6) is 0 Å². The average Bonchev–Trinajstić information content (AvgIpc) is 2.98. The molecule has 32 heavy (non-hydrogen) atoms. The molecule has 1 aliphatic heterocycles. The zero-order valence-electron chi connectivity index (χ0n) is 18.7. The Balaban J connectivity index is 1.56. The third-order valence-electron chi connectivity index (χ3n) is 6.09. The molecule has 0 bridgehead atoms. The van der Waals surface area contributed by atoms with E-state index in [0.29, 0.717) is 5.56 Å². The van der Waals surface area contributed by atoms with Crippen LogP contribution in [0, 0.1) is 6.92 Å². The number of anilines is 1. The second-order valence-corrected chi connectivity index (χ2v) is 8.75. The van der Waals surface area contributed by atoms with Gasteiger partial charge < -0.3 is 10.6 Å². The molecular formula is C26H27N3O3. The second kappa shape index (κ2) is 8.11. The Morgan fingerprint density at radius 1 is 1.03 bits per heavy atom. The van der Waals surface area contributed by atoms with E-state index in [1.54, 1.807) is 6.92 Å². The monoisotopic (exact) mass is 429 g/mol. The molecule has 6 nitrogen and oxygen atoms in total. The van der Waals surface area contributed by atoms with Crippen LogP contribution < -0.4 is 10.6 Å². The van der Waals surface area contributed by atoms with E-state index in [9.17, 15) is 14.4 Å². The van der Waals surface area contributed by atoms with Crippen molar-refractivity contribution in [2.75, 3.05) is 11.9 Å². The molecule has 0 saturated carbocycles. The molecule has 1 atom stereocenters. The maximum absolute atomic E-state index is 13.3. The number of nitrogens with one attached hydrogen (secondary N) is 2. The summed E-state index contributed by atoms with van der Waals surface area (Å²) in [7, 11) is 0. The van der Waals surface area contributed by atoms with Crippen molar-refractivity contribution in [3.8, 4) is 0 Å². The Kier molecular flexibility index (Phi) is 5.46. The molecule has 1 heterocycles. The predicted octanol–water partition coefficient (Wildman–Crippen LogP) is 4.68.